The summed E-state index contributed by atoms with van der Waals surface area (Å²) < 4.78 is 0. The molecule has 3 atom stereocenters. The molecule has 0 saturated heterocycles. The molecular formula is C13H18. The second kappa shape index (κ2) is 3.53. The molecule has 2 unspecified atom stereocenters. The van der Waals surface area contributed by atoms with Gasteiger partial charge >= 0.3 is 0 Å². The largest absolute Gasteiger partial charge is 0.0622 e. The molecule has 70 valence electrons. The molecule has 0 radical (unpaired) electrons. The van der Waals surface area contributed by atoms with Crippen molar-refractivity contribution in [2.75, 3.05) is 0 Å². The Balaban J connectivity index is 2.09. The first-order chi connectivity index (χ1) is 6.29. The standard InChI is InChI=1S/C13H18/c1-10-8-9-13(10)11(2)12-6-4-3-5-7-12/h3-7,10-11,13H,8-9H2,1-2H3/t10?,11-,13?/m0/s1. The Kier molecular flexibility index (Phi) is 2.39. The minimum Gasteiger partial charge on any atom is -0.0622 e. The lowest BCUT2D eigenvalue weighted by molar-refractivity contribution is 0.166. The summed E-state index contributed by atoms with van der Waals surface area (Å²) in [6.07, 6.45) is 2.86. The average Bonchev–Trinajstić information content (AvgIpc) is 2.17. The van der Waals surface area contributed by atoms with Gasteiger partial charge in [0.25, 0.3) is 0 Å². The van der Waals surface area contributed by atoms with E-state index in [4.69, 9.17) is 0 Å². The van der Waals surface area contributed by atoms with E-state index in [9.17, 15) is 0 Å². The van der Waals surface area contributed by atoms with Crippen molar-refractivity contribution in [2.24, 2.45) is 11.8 Å². The zero-order chi connectivity index (χ0) is 9.26. The molecule has 0 heterocycles. The van der Waals surface area contributed by atoms with Crippen LogP contribution in [-0.4, -0.2) is 0 Å². The van der Waals surface area contributed by atoms with Gasteiger partial charge in [-0.05, 0) is 29.7 Å². The van der Waals surface area contributed by atoms with Crippen molar-refractivity contribution in [2.45, 2.75) is 32.6 Å². The molecule has 13 heavy (non-hydrogen) atoms. The van der Waals surface area contributed by atoms with Crippen molar-refractivity contribution >= 4 is 0 Å². The third-order valence-electron chi connectivity index (χ3n) is 3.65. The van der Waals surface area contributed by atoms with Crippen LogP contribution in [0.25, 0.3) is 0 Å². The minimum absolute atomic E-state index is 0.755. The quantitative estimate of drug-likeness (QED) is 0.639. The highest BCUT2D eigenvalue weighted by Gasteiger charge is 2.31. The van der Waals surface area contributed by atoms with Crippen molar-refractivity contribution in [3.63, 3.8) is 0 Å². The molecule has 0 N–H and O–H groups in total. The molecule has 2 rings (SSSR count). The predicted molar refractivity (Wildman–Crippen MR) is 56.7 cm³/mol. The van der Waals surface area contributed by atoms with E-state index in [1.54, 1.807) is 0 Å². The van der Waals surface area contributed by atoms with Gasteiger partial charge in [0.1, 0.15) is 0 Å². The molecule has 0 aliphatic heterocycles. The fourth-order valence-electron chi connectivity index (χ4n) is 2.44. The lowest BCUT2D eigenvalue weighted by Gasteiger charge is -2.38. The lowest BCUT2D eigenvalue weighted by atomic mass is 9.67. The Morgan fingerprint density at radius 2 is 1.85 bits per heavy atom. The molecule has 0 aromatic heterocycles. The summed E-state index contributed by atoms with van der Waals surface area (Å²) in [5.41, 5.74) is 1.51. The molecule has 0 nitrogen and oxygen atoms in total. The van der Waals surface area contributed by atoms with Crippen LogP contribution in [0.4, 0.5) is 0 Å². The van der Waals surface area contributed by atoms with Gasteiger partial charge in [-0.25, -0.2) is 0 Å². The van der Waals surface area contributed by atoms with Crippen molar-refractivity contribution < 1.29 is 0 Å². The van der Waals surface area contributed by atoms with E-state index in [2.05, 4.69) is 44.2 Å². The average molecular weight is 174 g/mol. The van der Waals surface area contributed by atoms with Gasteiger partial charge in [-0.15, -0.1) is 0 Å². The Morgan fingerprint density at radius 3 is 2.31 bits per heavy atom. The Morgan fingerprint density at radius 1 is 1.15 bits per heavy atom. The SMILES string of the molecule is CC1CCC1[C@@H](C)c1ccccc1. The van der Waals surface area contributed by atoms with Crippen LogP contribution in [0.15, 0.2) is 30.3 Å². The third kappa shape index (κ3) is 1.63. The normalized spacial score (nSPS) is 29.4. The van der Waals surface area contributed by atoms with E-state index < -0.39 is 0 Å². The summed E-state index contributed by atoms with van der Waals surface area (Å²) in [6.45, 7) is 4.75. The smallest absolute Gasteiger partial charge is 0.0159 e. The van der Waals surface area contributed by atoms with Gasteiger partial charge in [0.05, 0.1) is 0 Å². The molecule has 1 aliphatic carbocycles. The molecular weight excluding hydrogens is 156 g/mol. The Hall–Kier alpha value is -0.780. The second-order valence-corrected chi connectivity index (χ2v) is 4.42. The van der Waals surface area contributed by atoms with Gasteiger partial charge in [-0.3, -0.25) is 0 Å². The molecule has 1 saturated carbocycles. The van der Waals surface area contributed by atoms with Crippen LogP contribution >= 0.6 is 0 Å². The Bertz CT molecular complexity index is 263. The summed E-state index contributed by atoms with van der Waals surface area (Å²) in [5.74, 6) is 2.63. The highest BCUT2D eigenvalue weighted by atomic mass is 14.4. The summed E-state index contributed by atoms with van der Waals surface area (Å²) in [6, 6.07) is 10.9. The van der Waals surface area contributed by atoms with E-state index in [1.165, 1.54) is 18.4 Å². The van der Waals surface area contributed by atoms with Gasteiger partial charge < -0.3 is 0 Å². The van der Waals surface area contributed by atoms with Crippen molar-refractivity contribution in [1.82, 2.24) is 0 Å². The van der Waals surface area contributed by atoms with Crippen molar-refractivity contribution in [3.05, 3.63) is 35.9 Å². The predicted octanol–water partition coefficient (Wildman–Crippen LogP) is 3.84. The fourth-order valence-corrected chi connectivity index (χ4v) is 2.44. The molecule has 1 aliphatic rings. The molecule has 1 aromatic carbocycles. The second-order valence-electron chi connectivity index (χ2n) is 4.42. The molecule has 0 amide bonds. The Labute approximate surface area is 81.0 Å². The molecule has 0 spiro atoms. The number of benzene rings is 1. The molecule has 1 aromatic rings. The first-order valence-corrected chi connectivity index (χ1v) is 5.34. The highest BCUT2D eigenvalue weighted by Crippen LogP contribution is 2.43. The maximum atomic E-state index is 2.38. The molecule has 1 fully saturated rings. The van der Waals surface area contributed by atoms with Gasteiger partial charge in [-0.1, -0.05) is 50.6 Å². The molecule has 0 heteroatoms. The van der Waals surface area contributed by atoms with Gasteiger partial charge in [0, 0.05) is 0 Å². The zero-order valence-electron chi connectivity index (χ0n) is 8.53. The number of rotatable bonds is 2. The van der Waals surface area contributed by atoms with Crippen LogP contribution in [0.3, 0.4) is 0 Å². The number of hydrogen-bond donors (Lipinski definition) is 0. The van der Waals surface area contributed by atoms with Crippen LogP contribution in [0.5, 0.6) is 0 Å². The van der Waals surface area contributed by atoms with Gasteiger partial charge in [0.15, 0.2) is 0 Å². The lowest BCUT2D eigenvalue weighted by Crippen LogP contribution is -2.27. The van der Waals surface area contributed by atoms with Crippen LogP contribution in [0.2, 0.25) is 0 Å². The van der Waals surface area contributed by atoms with Crippen molar-refractivity contribution in [3.8, 4) is 0 Å². The fraction of sp³-hybridized carbons (Fsp3) is 0.538. The summed E-state index contributed by atoms with van der Waals surface area (Å²) in [7, 11) is 0. The zero-order valence-corrected chi connectivity index (χ0v) is 8.53. The first kappa shape index (κ1) is 8.80. The summed E-state index contributed by atoms with van der Waals surface area (Å²) in [4.78, 5) is 0. The van der Waals surface area contributed by atoms with Crippen LogP contribution in [-0.2, 0) is 0 Å². The summed E-state index contributed by atoms with van der Waals surface area (Å²) in [5, 5.41) is 0. The van der Waals surface area contributed by atoms with E-state index in [0.717, 1.165) is 17.8 Å². The van der Waals surface area contributed by atoms with Crippen LogP contribution in [0, 0.1) is 11.8 Å². The highest BCUT2D eigenvalue weighted by molar-refractivity contribution is 5.20. The molecule has 0 bridgehead atoms. The first-order valence-electron chi connectivity index (χ1n) is 5.34. The van der Waals surface area contributed by atoms with E-state index in [0.29, 0.717) is 0 Å². The van der Waals surface area contributed by atoms with Crippen molar-refractivity contribution in [1.29, 1.82) is 0 Å². The number of hydrogen-bond acceptors (Lipinski definition) is 0. The summed E-state index contributed by atoms with van der Waals surface area (Å²) >= 11 is 0. The van der Waals surface area contributed by atoms with E-state index in [1.807, 2.05) is 0 Å². The maximum absolute atomic E-state index is 2.38. The van der Waals surface area contributed by atoms with Crippen LogP contribution in [0.1, 0.15) is 38.2 Å². The van der Waals surface area contributed by atoms with Gasteiger partial charge in [0.2, 0.25) is 0 Å². The topological polar surface area (TPSA) is 0 Å². The maximum Gasteiger partial charge on any atom is -0.0159 e. The van der Waals surface area contributed by atoms with E-state index in [-0.39, 0.29) is 0 Å². The monoisotopic (exact) mass is 174 g/mol. The van der Waals surface area contributed by atoms with E-state index >= 15 is 0 Å². The minimum atomic E-state index is 0.755. The third-order valence-corrected chi connectivity index (χ3v) is 3.65. The van der Waals surface area contributed by atoms with Crippen LogP contribution < -0.4 is 0 Å². The van der Waals surface area contributed by atoms with Gasteiger partial charge in [-0.2, -0.15) is 0 Å².